The maximum Gasteiger partial charge on any atom is 0.120 e. The van der Waals surface area contributed by atoms with E-state index in [9.17, 15) is 5.11 Å². The lowest BCUT2D eigenvalue weighted by Gasteiger charge is -2.23. The van der Waals surface area contributed by atoms with Crippen molar-refractivity contribution < 1.29 is 9.84 Å². The molecule has 0 radical (unpaired) electrons. The predicted molar refractivity (Wildman–Crippen MR) is 63.8 cm³/mol. The molecule has 0 bridgehead atoms. The van der Waals surface area contributed by atoms with Crippen LogP contribution in [-0.4, -0.2) is 24.4 Å². The molecule has 0 amide bonds. The normalized spacial score (nSPS) is 17.6. The van der Waals surface area contributed by atoms with Crippen molar-refractivity contribution in [3.8, 4) is 5.75 Å². The summed E-state index contributed by atoms with van der Waals surface area (Å²) in [6.45, 7) is 2.29. The molecule has 1 aromatic rings. The van der Waals surface area contributed by atoms with Gasteiger partial charge in [-0.25, -0.2) is 0 Å². The van der Waals surface area contributed by atoms with E-state index in [1.54, 1.807) is 18.2 Å². The Balaban J connectivity index is 1.90. The number of phenolic OH excluding ortho intramolecular Hbond substituents is 1. The first-order valence-corrected chi connectivity index (χ1v) is 5.92. The Morgan fingerprint density at radius 1 is 1.38 bits per heavy atom. The maximum absolute atomic E-state index is 9.64. The largest absolute Gasteiger partial charge is 0.508 e. The minimum atomic E-state index is 0.295. The van der Waals surface area contributed by atoms with Crippen molar-refractivity contribution in [2.24, 2.45) is 0 Å². The number of rotatable bonds is 3. The summed E-state index contributed by atoms with van der Waals surface area (Å²) in [5, 5.41) is 13.7. The van der Waals surface area contributed by atoms with Gasteiger partial charge in [0.25, 0.3) is 0 Å². The van der Waals surface area contributed by atoms with Crippen LogP contribution in [0.1, 0.15) is 18.4 Å². The van der Waals surface area contributed by atoms with Crippen LogP contribution >= 0.6 is 11.6 Å². The van der Waals surface area contributed by atoms with Crippen LogP contribution in [0, 0.1) is 0 Å². The van der Waals surface area contributed by atoms with E-state index in [1.807, 2.05) is 0 Å². The molecule has 2 N–H and O–H groups in total. The molecule has 1 aromatic carbocycles. The number of nitrogens with one attached hydrogen (secondary N) is 1. The topological polar surface area (TPSA) is 41.5 Å². The molecule has 0 aliphatic carbocycles. The molecular weight excluding hydrogens is 226 g/mol. The Kier molecular flexibility index (Phi) is 4.04. The van der Waals surface area contributed by atoms with Gasteiger partial charge in [0, 0.05) is 36.4 Å². The van der Waals surface area contributed by atoms with Gasteiger partial charge < -0.3 is 15.2 Å². The third kappa shape index (κ3) is 3.11. The molecule has 1 aliphatic heterocycles. The number of hydrogen-bond acceptors (Lipinski definition) is 3. The van der Waals surface area contributed by atoms with Crippen molar-refractivity contribution in [3.63, 3.8) is 0 Å². The van der Waals surface area contributed by atoms with E-state index in [0.717, 1.165) is 31.6 Å². The summed E-state index contributed by atoms with van der Waals surface area (Å²) < 4.78 is 5.28. The second-order valence-electron chi connectivity index (χ2n) is 4.04. The first-order valence-electron chi connectivity index (χ1n) is 5.54. The first kappa shape index (κ1) is 11.7. The zero-order valence-corrected chi connectivity index (χ0v) is 9.83. The van der Waals surface area contributed by atoms with Crippen LogP contribution in [0.4, 0.5) is 0 Å². The Morgan fingerprint density at radius 2 is 2.12 bits per heavy atom. The van der Waals surface area contributed by atoms with E-state index in [-0.39, 0.29) is 0 Å². The van der Waals surface area contributed by atoms with Crippen LogP contribution in [0.5, 0.6) is 5.75 Å². The predicted octanol–water partition coefficient (Wildman–Crippen LogP) is 2.31. The van der Waals surface area contributed by atoms with E-state index in [2.05, 4.69) is 5.32 Å². The Labute approximate surface area is 100 Å². The summed E-state index contributed by atoms with van der Waals surface area (Å²) in [4.78, 5) is 0. The highest BCUT2D eigenvalue weighted by molar-refractivity contribution is 6.30. The molecule has 16 heavy (non-hydrogen) atoms. The molecule has 4 heteroatoms. The van der Waals surface area contributed by atoms with Gasteiger partial charge in [0.1, 0.15) is 5.75 Å². The second kappa shape index (κ2) is 5.53. The molecule has 0 unspecified atom stereocenters. The number of halogens is 1. The summed E-state index contributed by atoms with van der Waals surface area (Å²) in [6, 6.07) is 5.59. The number of hydrogen-bond donors (Lipinski definition) is 2. The van der Waals surface area contributed by atoms with Gasteiger partial charge in [-0.05, 0) is 31.0 Å². The lowest BCUT2D eigenvalue weighted by molar-refractivity contribution is 0.0775. The van der Waals surface area contributed by atoms with Crippen molar-refractivity contribution >= 4 is 11.6 Å². The minimum absolute atomic E-state index is 0.295. The third-order valence-electron chi connectivity index (χ3n) is 2.84. The fraction of sp³-hybridized carbons (Fsp3) is 0.500. The molecule has 3 nitrogen and oxygen atoms in total. The van der Waals surface area contributed by atoms with Crippen molar-refractivity contribution in [1.82, 2.24) is 5.32 Å². The SMILES string of the molecule is Oc1ccc(Cl)cc1CNC1CCOCC1. The summed E-state index contributed by atoms with van der Waals surface area (Å²) in [5.41, 5.74) is 0.846. The number of phenols is 1. The number of ether oxygens (including phenoxy) is 1. The van der Waals surface area contributed by atoms with Crippen molar-refractivity contribution in [2.75, 3.05) is 13.2 Å². The molecule has 1 saturated heterocycles. The zero-order chi connectivity index (χ0) is 11.4. The quantitative estimate of drug-likeness (QED) is 0.854. The molecule has 0 saturated carbocycles. The molecule has 88 valence electrons. The van der Waals surface area contributed by atoms with Gasteiger partial charge in [-0.1, -0.05) is 11.6 Å². The van der Waals surface area contributed by atoms with Gasteiger partial charge in [-0.15, -0.1) is 0 Å². The average Bonchev–Trinajstić information content (AvgIpc) is 2.32. The van der Waals surface area contributed by atoms with Crippen LogP contribution < -0.4 is 5.32 Å². The second-order valence-corrected chi connectivity index (χ2v) is 4.48. The van der Waals surface area contributed by atoms with Crippen LogP contribution in [-0.2, 0) is 11.3 Å². The molecule has 2 rings (SSSR count). The van der Waals surface area contributed by atoms with E-state index < -0.39 is 0 Å². The fourth-order valence-corrected chi connectivity index (χ4v) is 2.05. The van der Waals surface area contributed by atoms with Crippen molar-refractivity contribution in [1.29, 1.82) is 0 Å². The molecule has 1 aliphatic rings. The summed E-state index contributed by atoms with van der Waals surface area (Å²) in [7, 11) is 0. The van der Waals surface area contributed by atoms with E-state index in [4.69, 9.17) is 16.3 Å². The smallest absolute Gasteiger partial charge is 0.120 e. The van der Waals surface area contributed by atoms with Crippen LogP contribution in [0.3, 0.4) is 0 Å². The van der Waals surface area contributed by atoms with E-state index >= 15 is 0 Å². The monoisotopic (exact) mass is 241 g/mol. The minimum Gasteiger partial charge on any atom is -0.508 e. The van der Waals surface area contributed by atoms with Crippen LogP contribution in [0.2, 0.25) is 5.02 Å². The lowest BCUT2D eigenvalue weighted by atomic mass is 10.1. The lowest BCUT2D eigenvalue weighted by Crippen LogP contribution is -2.34. The van der Waals surface area contributed by atoms with E-state index in [0.29, 0.717) is 23.4 Å². The fourth-order valence-electron chi connectivity index (χ4n) is 1.85. The summed E-state index contributed by atoms with van der Waals surface area (Å²) >= 11 is 5.88. The zero-order valence-electron chi connectivity index (χ0n) is 9.08. The average molecular weight is 242 g/mol. The first-order chi connectivity index (χ1) is 7.75. The van der Waals surface area contributed by atoms with Crippen LogP contribution in [0.15, 0.2) is 18.2 Å². The Hall–Kier alpha value is -0.770. The third-order valence-corrected chi connectivity index (χ3v) is 3.08. The van der Waals surface area contributed by atoms with Gasteiger partial charge >= 0.3 is 0 Å². The standard InChI is InChI=1S/C12H16ClNO2/c13-10-1-2-12(15)9(7-10)8-14-11-3-5-16-6-4-11/h1-2,7,11,14-15H,3-6,8H2. The van der Waals surface area contributed by atoms with Crippen LogP contribution in [0.25, 0.3) is 0 Å². The van der Waals surface area contributed by atoms with Crippen molar-refractivity contribution in [3.05, 3.63) is 28.8 Å². The Bertz CT molecular complexity index is 351. The molecule has 0 spiro atoms. The van der Waals surface area contributed by atoms with E-state index in [1.165, 1.54) is 0 Å². The molecule has 1 heterocycles. The number of benzene rings is 1. The maximum atomic E-state index is 9.64. The number of aromatic hydroxyl groups is 1. The molecule has 1 fully saturated rings. The molecule has 0 aromatic heterocycles. The Morgan fingerprint density at radius 3 is 2.88 bits per heavy atom. The van der Waals surface area contributed by atoms with Gasteiger partial charge in [-0.3, -0.25) is 0 Å². The van der Waals surface area contributed by atoms with Crippen molar-refractivity contribution in [2.45, 2.75) is 25.4 Å². The highest BCUT2D eigenvalue weighted by atomic mass is 35.5. The van der Waals surface area contributed by atoms with Gasteiger partial charge in [0.05, 0.1) is 0 Å². The molecular formula is C12H16ClNO2. The summed E-state index contributed by atoms with van der Waals surface area (Å²) in [6.07, 6.45) is 2.06. The highest BCUT2D eigenvalue weighted by Gasteiger charge is 2.13. The van der Waals surface area contributed by atoms with Gasteiger partial charge in [0.15, 0.2) is 0 Å². The summed E-state index contributed by atoms with van der Waals surface area (Å²) in [5.74, 6) is 0.295. The van der Waals surface area contributed by atoms with Gasteiger partial charge in [-0.2, -0.15) is 0 Å². The van der Waals surface area contributed by atoms with Gasteiger partial charge in [0.2, 0.25) is 0 Å². The molecule has 0 atom stereocenters. The highest BCUT2D eigenvalue weighted by Crippen LogP contribution is 2.21.